The monoisotopic (exact) mass is 233 g/mol. The Bertz CT molecular complexity index is 318. The topological polar surface area (TPSA) is 12.9 Å². The first kappa shape index (κ1) is 14.2. The Morgan fingerprint density at radius 1 is 1.24 bits per heavy atom. The Kier molecular flexibility index (Phi) is 5.17. The van der Waals surface area contributed by atoms with E-state index in [1.165, 1.54) is 24.1 Å². The minimum atomic E-state index is 0.346. The number of aromatic nitrogens is 1. The van der Waals surface area contributed by atoms with Crippen LogP contribution in [0.3, 0.4) is 0 Å². The standard InChI is InChI=1S/C16H27N/c1-6-7-13(2)10-15-9-8-14(12-17-15)11-16(3,4)5/h8-9,12-13H,6-7,10-11H2,1-5H3. The first-order chi connectivity index (χ1) is 7.90. The molecule has 1 aromatic rings. The molecule has 1 heteroatoms. The Balaban J connectivity index is 2.56. The summed E-state index contributed by atoms with van der Waals surface area (Å²) in [7, 11) is 0. The van der Waals surface area contributed by atoms with E-state index in [1.807, 2.05) is 0 Å². The SMILES string of the molecule is CCCC(C)Cc1ccc(CC(C)(C)C)cn1. The van der Waals surface area contributed by atoms with Gasteiger partial charge in [0.15, 0.2) is 0 Å². The van der Waals surface area contributed by atoms with Crippen molar-refractivity contribution >= 4 is 0 Å². The third-order valence-electron chi connectivity index (χ3n) is 2.96. The molecular formula is C16H27N. The van der Waals surface area contributed by atoms with E-state index in [9.17, 15) is 0 Å². The van der Waals surface area contributed by atoms with Crippen LogP contribution in [0.1, 0.15) is 58.7 Å². The lowest BCUT2D eigenvalue weighted by Gasteiger charge is -2.18. The van der Waals surface area contributed by atoms with Crippen LogP contribution in [0.15, 0.2) is 18.3 Å². The zero-order valence-corrected chi connectivity index (χ0v) is 12.1. The fourth-order valence-corrected chi connectivity index (χ4v) is 2.24. The maximum atomic E-state index is 4.59. The summed E-state index contributed by atoms with van der Waals surface area (Å²) in [5.41, 5.74) is 2.94. The minimum absolute atomic E-state index is 0.346. The van der Waals surface area contributed by atoms with E-state index in [-0.39, 0.29) is 0 Å². The molecule has 1 rings (SSSR count). The number of rotatable bonds is 5. The molecule has 0 amide bonds. The van der Waals surface area contributed by atoms with Crippen LogP contribution in [-0.2, 0) is 12.8 Å². The van der Waals surface area contributed by atoms with Crippen LogP contribution in [0.4, 0.5) is 0 Å². The lowest BCUT2D eigenvalue weighted by atomic mass is 9.88. The molecule has 1 atom stereocenters. The van der Waals surface area contributed by atoms with Gasteiger partial charge in [-0.15, -0.1) is 0 Å². The number of hydrogen-bond donors (Lipinski definition) is 0. The molecule has 0 aliphatic rings. The molecule has 0 aliphatic carbocycles. The van der Waals surface area contributed by atoms with E-state index in [0.29, 0.717) is 5.41 Å². The minimum Gasteiger partial charge on any atom is -0.261 e. The van der Waals surface area contributed by atoms with Crippen LogP contribution in [0.25, 0.3) is 0 Å². The van der Waals surface area contributed by atoms with Gasteiger partial charge in [0.1, 0.15) is 0 Å². The van der Waals surface area contributed by atoms with Crippen LogP contribution in [-0.4, -0.2) is 4.98 Å². The molecular weight excluding hydrogens is 206 g/mol. The zero-order chi connectivity index (χ0) is 12.9. The van der Waals surface area contributed by atoms with Crippen molar-refractivity contribution in [3.8, 4) is 0 Å². The van der Waals surface area contributed by atoms with Gasteiger partial charge in [-0.3, -0.25) is 4.98 Å². The highest BCUT2D eigenvalue weighted by Crippen LogP contribution is 2.20. The molecule has 1 unspecified atom stereocenters. The highest BCUT2D eigenvalue weighted by molar-refractivity contribution is 5.15. The Morgan fingerprint density at radius 2 is 1.94 bits per heavy atom. The lowest BCUT2D eigenvalue weighted by molar-refractivity contribution is 0.410. The van der Waals surface area contributed by atoms with Gasteiger partial charge >= 0.3 is 0 Å². The molecule has 0 saturated heterocycles. The normalized spacial score (nSPS) is 13.7. The molecule has 0 spiro atoms. The van der Waals surface area contributed by atoms with Crippen LogP contribution < -0.4 is 0 Å². The first-order valence-electron chi connectivity index (χ1n) is 6.84. The fourth-order valence-electron chi connectivity index (χ4n) is 2.24. The van der Waals surface area contributed by atoms with Gasteiger partial charge in [-0.25, -0.2) is 0 Å². The highest BCUT2D eigenvalue weighted by Gasteiger charge is 2.11. The summed E-state index contributed by atoms with van der Waals surface area (Å²) in [5.74, 6) is 0.751. The average molecular weight is 233 g/mol. The van der Waals surface area contributed by atoms with Gasteiger partial charge in [-0.1, -0.05) is 53.5 Å². The van der Waals surface area contributed by atoms with Crippen molar-refractivity contribution in [1.82, 2.24) is 4.98 Å². The summed E-state index contributed by atoms with van der Waals surface area (Å²) in [5, 5.41) is 0. The highest BCUT2D eigenvalue weighted by atomic mass is 14.7. The van der Waals surface area contributed by atoms with Crippen molar-refractivity contribution < 1.29 is 0 Å². The van der Waals surface area contributed by atoms with Crippen molar-refractivity contribution in [2.75, 3.05) is 0 Å². The third kappa shape index (κ3) is 5.86. The van der Waals surface area contributed by atoms with Crippen LogP contribution in [0.2, 0.25) is 0 Å². The van der Waals surface area contributed by atoms with E-state index in [1.54, 1.807) is 0 Å². The fraction of sp³-hybridized carbons (Fsp3) is 0.688. The van der Waals surface area contributed by atoms with Gasteiger partial charge in [0, 0.05) is 11.9 Å². The lowest BCUT2D eigenvalue weighted by Crippen LogP contribution is -2.09. The van der Waals surface area contributed by atoms with Crippen molar-refractivity contribution in [1.29, 1.82) is 0 Å². The van der Waals surface area contributed by atoms with E-state index in [4.69, 9.17) is 0 Å². The molecule has 0 bridgehead atoms. The molecule has 96 valence electrons. The molecule has 0 N–H and O–H groups in total. The maximum Gasteiger partial charge on any atom is 0.0406 e. The molecule has 17 heavy (non-hydrogen) atoms. The van der Waals surface area contributed by atoms with Crippen molar-refractivity contribution in [2.45, 2.75) is 60.3 Å². The van der Waals surface area contributed by atoms with E-state index in [2.05, 4.69) is 57.9 Å². The van der Waals surface area contributed by atoms with Crippen LogP contribution in [0, 0.1) is 11.3 Å². The Labute approximate surface area is 107 Å². The predicted octanol–water partition coefficient (Wildman–Crippen LogP) is 4.65. The van der Waals surface area contributed by atoms with Crippen molar-refractivity contribution in [3.63, 3.8) is 0 Å². The van der Waals surface area contributed by atoms with E-state index < -0.39 is 0 Å². The predicted molar refractivity (Wildman–Crippen MR) is 75.2 cm³/mol. The summed E-state index contributed by atoms with van der Waals surface area (Å²) in [6, 6.07) is 4.44. The second kappa shape index (κ2) is 6.18. The molecule has 1 aromatic heterocycles. The summed E-state index contributed by atoms with van der Waals surface area (Å²) in [6.45, 7) is 11.4. The molecule has 0 saturated carbocycles. The van der Waals surface area contributed by atoms with Gasteiger partial charge < -0.3 is 0 Å². The zero-order valence-electron chi connectivity index (χ0n) is 12.1. The molecule has 0 radical (unpaired) electrons. The molecule has 1 heterocycles. The largest absolute Gasteiger partial charge is 0.261 e. The quantitative estimate of drug-likeness (QED) is 0.721. The number of nitrogens with zero attached hydrogens (tertiary/aromatic N) is 1. The Morgan fingerprint density at radius 3 is 2.41 bits per heavy atom. The molecule has 0 fully saturated rings. The van der Waals surface area contributed by atoms with E-state index >= 15 is 0 Å². The second-order valence-corrected chi connectivity index (χ2v) is 6.49. The summed E-state index contributed by atoms with van der Waals surface area (Å²) < 4.78 is 0. The summed E-state index contributed by atoms with van der Waals surface area (Å²) >= 11 is 0. The van der Waals surface area contributed by atoms with Crippen LogP contribution >= 0.6 is 0 Å². The van der Waals surface area contributed by atoms with Crippen molar-refractivity contribution in [2.24, 2.45) is 11.3 Å². The van der Waals surface area contributed by atoms with Gasteiger partial charge in [0.2, 0.25) is 0 Å². The van der Waals surface area contributed by atoms with E-state index in [0.717, 1.165) is 18.8 Å². The smallest absolute Gasteiger partial charge is 0.0406 e. The van der Waals surface area contributed by atoms with Gasteiger partial charge in [0.05, 0.1) is 0 Å². The summed E-state index contributed by atoms with van der Waals surface area (Å²) in [6.07, 6.45) is 6.84. The van der Waals surface area contributed by atoms with Gasteiger partial charge in [-0.05, 0) is 35.8 Å². The second-order valence-electron chi connectivity index (χ2n) is 6.49. The molecule has 0 aromatic carbocycles. The molecule has 1 nitrogen and oxygen atoms in total. The molecule has 0 aliphatic heterocycles. The third-order valence-corrected chi connectivity index (χ3v) is 2.96. The van der Waals surface area contributed by atoms with Crippen LogP contribution in [0.5, 0.6) is 0 Å². The first-order valence-corrected chi connectivity index (χ1v) is 6.84. The summed E-state index contributed by atoms with van der Waals surface area (Å²) in [4.78, 5) is 4.59. The van der Waals surface area contributed by atoms with Gasteiger partial charge in [0.25, 0.3) is 0 Å². The average Bonchev–Trinajstić information content (AvgIpc) is 2.19. The van der Waals surface area contributed by atoms with Gasteiger partial charge in [-0.2, -0.15) is 0 Å². The number of pyridine rings is 1. The number of hydrogen-bond acceptors (Lipinski definition) is 1. The van der Waals surface area contributed by atoms with Crippen molar-refractivity contribution in [3.05, 3.63) is 29.6 Å². The maximum absolute atomic E-state index is 4.59. The Hall–Kier alpha value is -0.850.